The zero-order chi connectivity index (χ0) is 14.8. The molecule has 1 aromatic carbocycles. The summed E-state index contributed by atoms with van der Waals surface area (Å²) in [6.07, 6.45) is 2.45. The van der Waals surface area contributed by atoms with Crippen molar-refractivity contribution < 1.29 is 19.5 Å². The summed E-state index contributed by atoms with van der Waals surface area (Å²) in [5, 5.41) is 9.53. The van der Waals surface area contributed by atoms with Crippen LogP contribution in [0.3, 0.4) is 0 Å². The topological polar surface area (TPSA) is 71.4 Å². The van der Waals surface area contributed by atoms with Crippen LogP contribution in [0, 0.1) is 5.41 Å². The molecule has 0 aromatic heterocycles. The lowest BCUT2D eigenvalue weighted by molar-refractivity contribution is -0.146. The van der Waals surface area contributed by atoms with E-state index in [4.69, 9.17) is 0 Å². The van der Waals surface area contributed by atoms with Crippen LogP contribution in [-0.4, -0.2) is 22.6 Å². The van der Waals surface area contributed by atoms with Crippen molar-refractivity contribution in [3.05, 3.63) is 35.4 Å². The lowest BCUT2D eigenvalue weighted by atomic mass is 9.67. The van der Waals surface area contributed by atoms with Crippen molar-refractivity contribution in [3.8, 4) is 0 Å². The first kappa shape index (κ1) is 14.4. The van der Waals surface area contributed by atoms with Crippen molar-refractivity contribution >= 4 is 17.5 Å². The molecule has 1 atom stereocenters. The predicted octanol–water partition coefficient (Wildman–Crippen LogP) is 3.11. The van der Waals surface area contributed by atoms with E-state index in [1.807, 2.05) is 6.92 Å². The normalized spacial score (nSPS) is 21.6. The fraction of sp³-hybridized carbons (Fsp3) is 0.438. The summed E-state index contributed by atoms with van der Waals surface area (Å²) >= 11 is 0. The molecule has 1 N–H and O–H groups in total. The number of ketones is 2. The van der Waals surface area contributed by atoms with Crippen LogP contribution < -0.4 is 0 Å². The van der Waals surface area contributed by atoms with E-state index in [-0.39, 0.29) is 24.2 Å². The Balaban J connectivity index is 2.42. The highest BCUT2D eigenvalue weighted by molar-refractivity contribution is 6.23. The van der Waals surface area contributed by atoms with Gasteiger partial charge >= 0.3 is 5.97 Å². The zero-order valence-electron chi connectivity index (χ0n) is 11.5. The average molecular weight is 274 g/mol. The number of hydrogen-bond acceptors (Lipinski definition) is 3. The van der Waals surface area contributed by atoms with Crippen molar-refractivity contribution in [1.82, 2.24) is 0 Å². The van der Waals surface area contributed by atoms with E-state index < -0.39 is 17.2 Å². The van der Waals surface area contributed by atoms with Gasteiger partial charge in [-0.05, 0) is 6.42 Å². The van der Waals surface area contributed by atoms with E-state index in [2.05, 4.69) is 0 Å². The molecule has 0 saturated heterocycles. The Labute approximate surface area is 117 Å². The molecule has 0 saturated carbocycles. The number of rotatable bonds is 5. The minimum Gasteiger partial charge on any atom is -0.480 e. The Bertz CT molecular complexity index is 561. The maximum absolute atomic E-state index is 12.6. The fourth-order valence-electron chi connectivity index (χ4n) is 2.79. The molecule has 0 bridgehead atoms. The number of fused-ring (bicyclic) bond motifs is 1. The molecule has 106 valence electrons. The number of benzene rings is 1. The quantitative estimate of drug-likeness (QED) is 0.661. The van der Waals surface area contributed by atoms with Crippen molar-refractivity contribution in [3.63, 3.8) is 0 Å². The highest BCUT2D eigenvalue weighted by Gasteiger charge is 2.51. The van der Waals surface area contributed by atoms with Crippen LogP contribution in [0.1, 0.15) is 59.7 Å². The van der Waals surface area contributed by atoms with Crippen molar-refractivity contribution in [2.45, 2.75) is 39.0 Å². The van der Waals surface area contributed by atoms with Crippen molar-refractivity contribution in [2.75, 3.05) is 0 Å². The largest absolute Gasteiger partial charge is 0.480 e. The first-order valence-electron chi connectivity index (χ1n) is 6.93. The third kappa shape index (κ3) is 2.26. The van der Waals surface area contributed by atoms with Crippen molar-refractivity contribution in [1.29, 1.82) is 0 Å². The number of hydrogen-bond donors (Lipinski definition) is 1. The summed E-state index contributed by atoms with van der Waals surface area (Å²) < 4.78 is 0. The molecule has 1 aromatic rings. The Hall–Kier alpha value is -1.97. The van der Waals surface area contributed by atoms with E-state index in [1.165, 1.54) is 0 Å². The van der Waals surface area contributed by atoms with Gasteiger partial charge in [-0.3, -0.25) is 14.4 Å². The second kappa shape index (κ2) is 5.57. The van der Waals surface area contributed by atoms with E-state index in [0.717, 1.165) is 12.8 Å². The number of Topliss-reactive ketones (excluding diaryl/α,β-unsaturated/α-hetero) is 2. The molecule has 4 nitrogen and oxygen atoms in total. The Morgan fingerprint density at radius 2 is 1.85 bits per heavy atom. The lowest BCUT2D eigenvalue weighted by Gasteiger charge is -2.32. The van der Waals surface area contributed by atoms with Crippen LogP contribution in [0.4, 0.5) is 0 Å². The van der Waals surface area contributed by atoms with Crippen LogP contribution in [0.25, 0.3) is 0 Å². The number of unbranched alkanes of at least 4 members (excludes halogenated alkanes) is 2. The molecule has 4 heteroatoms. The van der Waals surface area contributed by atoms with Gasteiger partial charge in [0.1, 0.15) is 5.41 Å². The molecule has 0 aliphatic heterocycles. The third-order valence-electron chi connectivity index (χ3n) is 3.99. The van der Waals surface area contributed by atoms with Crippen molar-refractivity contribution in [2.24, 2.45) is 5.41 Å². The van der Waals surface area contributed by atoms with Gasteiger partial charge in [0.15, 0.2) is 11.6 Å². The molecule has 0 amide bonds. The van der Waals surface area contributed by atoms with Gasteiger partial charge in [-0.2, -0.15) is 0 Å². The summed E-state index contributed by atoms with van der Waals surface area (Å²) in [5.41, 5.74) is -0.965. The molecule has 2 rings (SSSR count). The molecule has 0 spiro atoms. The SMILES string of the molecule is CCCCCC1(C(=O)O)CC(=O)c2ccccc2C1=O. The van der Waals surface area contributed by atoms with Gasteiger partial charge < -0.3 is 5.11 Å². The average Bonchev–Trinajstić information content (AvgIpc) is 2.44. The van der Waals surface area contributed by atoms with Gasteiger partial charge in [0.2, 0.25) is 0 Å². The summed E-state index contributed by atoms with van der Waals surface area (Å²) in [4.78, 5) is 36.4. The van der Waals surface area contributed by atoms with Crippen LogP contribution in [0.2, 0.25) is 0 Å². The maximum Gasteiger partial charge on any atom is 0.318 e. The van der Waals surface area contributed by atoms with E-state index >= 15 is 0 Å². The number of carbonyl (C=O) groups is 3. The van der Waals surface area contributed by atoms with Gasteiger partial charge in [-0.25, -0.2) is 0 Å². The number of carbonyl (C=O) groups excluding carboxylic acids is 2. The molecular formula is C16H18O4. The minimum absolute atomic E-state index is 0.220. The van der Waals surface area contributed by atoms with Gasteiger partial charge in [0.05, 0.1) is 0 Å². The molecule has 1 aliphatic rings. The van der Waals surface area contributed by atoms with E-state index in [1.54, 1.807) is 24.3 Å². The third-order valence-corrected chi connectivity index (χ3v) is 3.99. The number of carboxylic acid groups (broad SMARTS) is 1. The maximum atomic E-state index is 12.6. The van der Waals surface area contributed by atoms with Gasteiger partial charge in [-0.1, -0.05) is 50.5 Å². The summed E-state index contributed by atoms with van der Waals surface area (Å²) in [5.74, 6) is -1.85. The zero-order valence-corrected chi connectivity index (χ0v) is 11.5. The van der Waals surface area contributed by atoms with Gasteiger partial charge in [0, 0.05) is 17.5 Å². The van der Waals surface area contributed by atoms with Gasteiger partial charge in [0.25, 0.3) is 0 Å². The molecule has 0 heterocycles. The summed E-state index contributed by atoms with van der Waals surface area (Å²) in [6.45, 7) is 2.01. The first-order valence-corrected chi connectivity index (χ1v) is 6.93. The Morgan fingerprint density at radius 1 is 1.20 bits per heavy atom. The smallest absolute Gasteiger partial charge is 0.318 e. The fourth-order valence-corrected chi connectivity index (χ4v) is 2.79. The number of aliphatic carboxylic acids is 1. The monoisotopic (exact) mass is 274 g/mol. The van der Waals surface area contributed by atoms with Gasteiger partial charge in [-0.15, -0.1) is 0 Å². The van der Waals surface area contributed by atoms with E-state index in [9.17, 15) is 19.5 Å². The van der Waals surface area contributed by atoms with Crippen LogP contribution in [0.15, 0.2) is 24.3 Å². The lowest BCUT2D eigenvalue weighted by Crippen LogP contribution is -2.45. The first-order chi connectivity index (χ1) is 9.53. The summed E-state index contributed by atoms with van der Waals surface area (Å²) in [6, 6.07) is 6.49. The molecule has 0 fully saturated rings. The second-order valence-electron chi connectivity index (χ2n) is 5.32. The standard InChI is InChI=1S/C16H18O4/c1-2-3-6-9-16(15(19)20)10-13(17)11-7-4-5-8-12(11)14(16)18/h4-5,7-8H,2-3,6,9-10H2,1H3,(H,19,20). The Kier molecular flexibility index (Phi) is 4.02. The molecule has 0 radical (unpaired) electrons. The highest BCUT2D eigenvalue weighted by Crippen LogP contribution is 2.40. The molecular weight excluding hydrogens is 256 g/mol. The molecule has 1 unspecified atom stereocenters. The minimum atomic E-state index is -1.57. The van der Waals surface area contributed by atoms with Crippen LogP contribution >= 0.6 is 0 Å². The molecule has 1 aliphatic carbocycles. The van der Waals surface area contributed by atoms with E-state index in [0.29, 0.717) is 12.0 Å². The van der Waals surface area contributed by atoms with Crippen LogP contribution in [-0.2, 0) is 4.79 Å². The second-order valence-corrected chi connectivity index (χ2v) is 5.32. The van der Waals surface area contributed by atoms with Crippen LogP contribution in [0.5, 0.6) is 0 Å². The number of carboxylic acids is 1. The Morgan fingerprint density at radius 3 is 2.45 bits per heavy atom. The highest BCUT2D eigenvalue weighted by atomic mass is 16.4. The summed E-state index contributed by atoms with van der Waals surface area (Å²) in [7, 11) is 0. The molecule has 20 heavy (non-hydrogen) atoms. The predicted molar refractivity (Wildman–Crippen MR) is 73.9 cm³/mol.